The van der Waals surface area contributed by atoms with E-state index in [4.69, 9.17) is 9.47 Å². The predicted molar refractivity (Wildman–Crippen MR) is 73.0 cm³/mol. The van der Waals surface area contributed by atoms with Gasteiger partial charge in [-0.2, -0.15) is 0 Å². The Hall–Kier alpha value is -2.57. The Balaban J connectivity index is 1.86. The van der Waals surface area contributed by atoms with Crippen LogP contribution in [0, 0.1) is 0 Å². The number of amides is 3. The van der Waals surface area contributed by atoms with Crippen molar-refractivity contribution in [2.75, 3.05) is 26.3 Å². The van der Waals surface area contributed by atoms with Gasteiger partial charge in [-0.05, 0) is 31.2 Å². The van der Waals surface area contributed by atoms with Gasteiger partial charge in [-0.1, -0.05) is 0 Å². The van der Waals surface area contributed by atoms with Gasteiger partial charge < -0.3 is 14.8 Å². The number of nitrogens with one attached hydrogen (secondary N) is 1. The molecule has 7 heteroatoms. The Labute approximate surface area is 121 Å². The number of imide groups is 1. The highest BCUT2D eigenvalue weighted by Crippen LogP contribution is 2.13. The summed E-state index contributed by atoms with van der Waals surface area (Å²) in [5.74, 6) is -0.505. The van der Waals surface area contributed by atoms with E-state index >= 15 is 0 Å². The molecule has 1 heterocycles. The van der Waals surface area contributed by atoms with Crippen molar-refractivity contribution in [2.45, 2.75) is 6.92 Å². The molecule has 1 aromatic carbocycles. The summed E-state index contributed by atoms with van der Waals surface area (Å²) in [6.07, 6.45) is 0. The number of hydrogen-bond donors (Lipinski definition) is 1. The molecule has 1 fully saturated rings. The Bertz CT molecular complexity index is 541. The summed E-state index contributed by atoms with van der Waals surface area (Å²) in [4.78, 5) is 35.8. The van der Waals surface area contributed by atoms with Crippen molar-refractivity contribution in [1.82, 2.24) is 10.2 Å². The van der Waals surface area contributed by atoms with Crippen molar-refractivity contribution in [1.29, 1.82) is 0 Å². The first-order valence-corrected chi connectivity index (χ1v) is 6.60. The number of benzene rings is 1. The fourth-order valence-electron chi connectivity index (χ4n) is 1.85. The minimum Gasteiger partial charge on any atom is -0.494 e. The second-order valence-electron chi connectivity index (χ2n) is 4.31. The van der Waals surface area contributed by atoms with Crippen molar-refractivity contribution >= 4 is 17.9 Å². The second-order valence-corrected chi connectivity index (χ2v) is 4.31. The van der Waals surface area contributed by atoms with E-state index in [1.54, 1.807) is 24.3 Å². The molecule has 3 amide bonds. The minimum absolute atomic E-state index is 0.290. The third kappa shape index (κ3) is 3.71. The monoisotopic (exact) mass is 292 g/mol. The fraction of sp³-hybridized carbons (Fsp3) is 0.357. The summed E-state index contributed by atoms with van der Waals surface area (Å²) in [6.45, 7) is 2.65. The average Bonchev–Trinajstić information content (AvgIpc) is 2.92. The van der Waals surface area contributed by atoms with Crippen molar-refractivity contribution in [2.24, 2.45) is 0 Å². The lowest BCUT2D eigenvalue weighted by Gasteiger charge is -2.12. The molecule has 1 aliphatic rings. The van der Waals surface area contributed by atoms with Crippen molar-refractivity contribution in [3.05, 3.63) is 29.8 Å². The molecule has 1 saturated heterocycles. The van der Waals surface area contributed by atoms with E-state index in [-0.39, 0.29) is 6.54 Å². The van der Waals surface area contributed by atoms with Crippen LogP contribution in [0.25, 0.3) is 0 Å². The van der Waals surface area contributed by atoms with Crippen molar-refractivity contribution in [3.63, 3.8) is 0 Å². The number of carbonyl (C=O) groups excluding carboxylic acids is 3. The highest BCUT2D eigenvalue weighted by molar-refractivity contribution is 5.98. The molecule has 7 nitrogen and oxygen atoms in total. The molecule has 1 aliphatic heterocycles. The second kappa shape index (κ2) is 6.74. The van der Waals surface area contributed by atoms with Crippen LogP contribution in [-0.2, 0) is 9.53 Å². The number of carbonyl (C=O) groups is 3. The Morgan fingerprint density at radius 2 is 2.00 bits per heavy atom. The third-order valence-corrected chi connectivity index (χ3v) is 2.89. The van der Waals surface area contributed by atoms with Crippen LogP contribution < -0.4 is 10.1 Å². The standard InChI is InChI=1S/C14H16N2O5/c1-2-20-11-5-3-10(4-6-11)13(18)21-9-12(17)16-8-7-15-14(16)19/h3-6H,2,7-9H2,1H3,(H,15,19). The van der Waals surface area contributed by atoms with Gasteiger partial charge in [-0.15, -0.1) is 0 Å². The molecule has 0 aromatic heterocycles. The molecular weight excluding hydrogens is 276 g/mol. The van der Waals surface area contributed by atoms with Crippen LogP contribution in [0.4, 0.5) is 4.79 Å². The Morgan fingerprint density at radius 1 is 1.29 bits per heavy atom. The zero-order chi connectivity index (χ0) is 15.2. The summed E-state index contributed by atoms with van der Waals surface area (Å²) < 4.78 is 10.2. The van der Waals surface area contributed by atoms with E-state index in [1.165, 1.54) is 0 Å². The first-order valence-electron chi connectivity index (χ1n) is 6.60. The average molecular weight is 292 g/mol. The first kappa shape index (κ1) is 14.8. The van der Waals surface area contributed by atoms with E-state index in [0.29, 0.717) is 24.5 Å². The molecule has 0 atom stereocenters. The first-order chi connectivity index (χ1) is 10.1. The van der Waals surface area contributed by atoms with Crippen LogP contribution in [0.15, 0.2) is 24.3 Å². The molecule has 0 aliphatic carbocycles. The largest absolute Gasteiger partial charge is 0.494 e. The Kier molecular flexibility index (Phi) is 4.76. The number of urea groups is 1. The smallest absolute Gasteiger partial charge is 0.338 e. The maximum Gasteiger partial charge on any atom is 0.338 e. The van der Waals surface area contributed by atoms with E-state index in [0.717, 1.165) is 4.90 Å². The maximum absolute atomic E-state index is 11.8. The molecule has 1 aromatic rings. The summed E-state index contributed by atoms with van der Waals surface area (Å²) in [7, 11) is 0. The number of esters is 1. The summed E-state index contributed by atoms with van der Waals surface area (Å²) in [5, 5.41) is 2.50. The molecule has 0 bridgehead atoms. The number of nitrogens with zero attached hydrogens (tertiary/aromatic N) is 1. The molecule has 0 spiro atoms. The van der Waals surface area contributed by atoms with Gasteiger partial charge in [0.05, 0.1) is 12.2 Å². The van der Waals surface area contributed by atoms with Gasteiger partial charge in [-0.25, -0.2) is 9.59 Å². The van der Waals surface area contributed by atoms with Crippen LogP contribution in [0.3, 0.4) is 0 Å². The molecule has 2 rings (SSSR count). The SMILES string of the molecule is CCOc1ccc(C(=O)OCC(=O)N2CCNC2=O)cc1. The molecular formula is C14H16N2O5. The highest BCUT2D eigenvalue weighted by Gasteiger charge is 2.26. The third-order valence-electron chi connectivity index (χ3n) is 2.89. The van der Waals surface area contributed by atoms with Gasteiger partial charge in [0.2, 0.25) is 0 Å². The van der Waals surface area contributed by atoms with Crippen LogP contribution in [0.5, 0.6) is 5.75 Å². The van der Waals surface area contributed by atoms with Gasteiger partial charge in [-0.3, -0.25) is 9.69 Å². The van der Waals surface area contributed by atoms with Gasteiger partial charge in [0, 0.05) is 13.1 Å². The zero-order valence-corrected chi connectivity index (χ0v) is 11.6. The van der Waals surface area contributed by atoms with Gasteiger partial charge in [0.1, 0.15) is 5.75 Å². The van der Waals surface area contributed by atoms with E-state index in [2.05, 4.69) is 5.32 Å². The number of hydrogen-bond acceptors (Lipinski definition) is 5. The lowest BCUT2D eigenvalue weighted by atomic mass is 10.2. The van der Waals surface area contributed by atoms with Crippen molar-refractivity contribution < 1.29 is 23.9 Å². The van der Waals surface area contributed by atoms with Gasteiger partial charge in [0.25, 0.3) is 5.91 Å². The molecule has 0 unspecified atom stereocenters. The highest BCUT2D eigenvalue weighted by atomic mass is 16.5. The Morgan fingerprint density at radius 3 is 2.57 bits per heavy atom. The normalized spacial score (nSPS) is 13.8. The van der Waals surface area contributed by atoms with E-state index in [9.17, 15) is 14.4 Å². The van der Waals surface area contributed by atoms with Gasteiger partial charge in [0.15, 0.2) is 6.61 Å². The summed E-state index contributed by atoms with van der Waals surface area (Å²) in [5.41, 5.74) is 0.317. The summed E-state index contributed by atoms with van der Waals surface area (Å²) >= 11 is 0. The molecule has 1 N–H and O–H groups in total. The quantitative estimate of drug-likeness (QED) is 0.811. The fourth-order valence-corrected chi connectivity index (χ4v) is 1.85. The van der Waals surface area contributed by atoms with E-state index in [1.807, 2.05) is 6.92 Å². The number of ether oxygens (including phenoxy) is 2. The van der Waals surface area contributed by atoms with Gasteiger partial charge >= 0.3 is 12.0 Å². The van der Waals surface area contributed by atoms with Crippen molar-refractivity contribution in [3.8, 4) is 5.75 Å². The lowest BCUT2D eigenvalue weighted by Crippen LogP contribution is -2.37. The lowest BCUT2D eigenvalue weighted by molar-refractivity contribution is -0.130. The van der Waals surface area contributed by atoms with Crippen LogP contribution >= 0.6 is 0 Å². The predicted octanol–water partition coefficient (Wildman–Crippen LogP) is 0.794. The maximum atomic E-state index is 11.8. The van der Waals surface area contributed by atoms with Crippen LogP contribution in [-0.4, -0.2) is 49.1 Å². The molecule has 0 saturated carbocycles. The van der Waals surface area contributed by atoms with Crippen LogP contribution in [0.1, 0.15) is 17.3 Å². The minimum atomic E-state index is -0.619. The van der Waals surface area contributed by atoms with Crippen LogP contribution in [0.2, 0.25) is 0 Å². The molecule has 112 valence electrons. The number of rotatable bonds is 5. The zero-order valence-electron chi connectivity index (χ0n) is 11.6. The van der Waals surface area contributed by atoms with E-state index < -0.39 is 24.5 Å². The summed E-state index contributed by atoms with van der Waals surface area (Å²) in [6, 6.07) is 5.95. The molecule has 0 radical (unpaired) electrons. The topological polar surface area (TPSA) is 84.9 Å². The molecule has 21 heavy (non-hydrogen) atoms.